The number of piperidine rings is 1. The summed E-state index contributed by atoms with van der Waals surface area (Å²) in [7, 11) is 0. The Balaban J connectivity index is 1.29. The number of nitrogens with one attached hydrogen (secondary N) is 1. The monoisotopic (exact) mass is 418 g/mol. The van der Waals surface area contributed by atoms with Crippen LogP contribution in [0, 0.1) is 5.82 Å². The van der Waals surface area contributed by atoms with Crippen LogP contribution in [-0.2, 0) is 11.2 Å². The number of aromatic nitrogens is 2. The molecule has 0 atom stereocenters. The Morgan fingerprint density at radius 3 is 2.75 bits per heavy atom. The highest BCUT2D eigenvalue weighted by atomic mass is 35.5. The van der Waals surface area contributed by atoms with E-state index in [2.05, 4.69) is 20.2 Å². The molecule has 0 unspecified atom stereocenters. The molecule has 4 rings (SSSR count). The second kappa shape index (κ2) is 8.41. The maximum atomic E-state index is 12.9. The molecule has 1 saturated heterocycles. The van der Waals surface area contributed by atoms with Crippen LogP contribution < -0.4 is 10.2 Å². The topological polar surface area (TPSA) is 58.1 Å². The van der Waals surface area contributed by atoms with E-state index in [0.717, 1.165) is 47.5 Å². The Morgan fingerprint density at radius 1 is 1.25 bits per heavy atom. The van der Waals surface area contributed by atoms with Gasteiger partial charge in [0, 0.05) is 30.9 Å². The second-order valence-corrected chi connectivity index (χ2v) is 8.20. The quantitative estimate of drug-likeness (QED) is 0.674. The van der Waals surface area contributed by atoms with Crippen molar-refractivity contribution in [3.8, 4) is 0 Å². The third-order valence-corrected chi connectivity index (χ3v) is 6.39. The molecule has 0 radical (unpaired) electrons. The molecule has 1 aliphatic rings. The van der Waals surface area contributed by atoms with E-state index in [-0.39, 0.29) is 17.8 Å². The predicted octanol–water partition coefficient (Wildman–Crippen LogP) is 4.20. The van der Waals surface area contributed by atoms with E-state index < -0.39 is 0 Å². The van der Waals surface area contributed by atoms with Crippen LogP contribution in [0.2, 0.25) is 5.02 Å². The van der Waals surface area contributed by atoms with Gasteiger partial charge in [-0.25, -0.2) is 14.4 Å². The number of carbonyl (C=O) groups is 1. The molecule has 2 aromatic heterocycles. The number of thiophene rings is 1. The lowest BCUT2D eigenvalue weighted by atomic mass is 10.0. The van der Waals surface area contributed by atoms with Gasteiger partial charge in [-0.05, 0) is 37.0 Å². The summed E-state index contributed by atoms with van der Waals surface area (Å²) in [5.41, 5.74) is 1.77. The number of fused-ring (bicyclic) bond motifs is 1. The summed E-state index contributed by atoms with van der Waals surface area (Å²) in [6.45, 7) is 1.65. The van der Waals surface area contributed by atoms with Crippen molar-refractivity contribution in [1.29, 1.82) is 0 Å². The van der Waals surface area contributed by atoms with Crippen LogP contribution in [0.25, 0.3) is 10.2 Å². The minimum atomic E-state index is -0.259. The molecule has 3 heterocycles. The van der Waals surface area contributed by atoms with Gasteiger partial charge in [-0.15, -0.1) is 11.3 Å². The van der Waals surface area contributed by atoms with Crippen molar-refractivity contribution in [3.63, 3.8) is 0 Å². The molecule has 146 valence electrons. The van der Waals surface area contributed by atoms with Crippen LogP contribution in [-0.4, -0.2) is 35.0 Å². The zero-order valence-corrected chi connectivity index (χ0v) is 16.8. The number of anilines is 1. The van der Waals surface area contributed by atoms with Gasteiger partial charge in [0.15, 0.2) is 0 Å². The molecule has 0 spiro atoms. The van der Waals surface area contributed by atoms with Crippen LogP contribution in [0.5, 0.6) is 0 Å². The molecule has 1 amide bonds. The molecule has 8 heteroatoms. The van der Waals surface area contributed by atoms with Crippen LogP contribution in [0.1, 0.15) is 24.8 Å². The fourth-order valence-corrected chi connectivity index (χ4v) is 4.71. The Hall–Kier alpha value is -2.25. The maximum Gasteiger partial charge on any atom is 0.220 e. The van der Waals surface area contributed by atoms with Gasteiger partial charge in [0.2, 0.25) is 5.91 Å². The Labute approximate surface area is 171 Å². The molecule has 1 N–H and O–H groups in total. The minimum Gasteiger partial charge on any atom is -0.355 e. The average molecular weight is 419 g/mol. The summed E-state index contributed by atoms with van der Waals surface area (Å²) in [6, 6.07) is 6.46. The molecule has 3 aromatic rings. The summed E-state index contributed by atoms with van der Waals surface area (Å²) < 4.78 is 13.9. The van der Waals surface area contributed by atoms with Crippen LogP contribution in [0.4, 0.5) is 10.2 Å². The van der Waals surface area contributed by atoms with Crippen molar-refractivity contribution in [2.75, 3.05) is 18.0 Å². The molecule has 0 bridgehead atoms. The van der Waals surface area contributed by atoms with E-state index in [9.17, 15) is 9.18 Å². The van der Waals surface area contributed by atoms with E-state index in [0.29, 0.717) is 17.9 Å². The predicted molar refractivity (Wildman–Crippen MR) is 111 cm³/mol. The normalized spacial score (nSPS) is 15.1. The zero-order valence-electron chi connectivity index (χ0n) is 15.2. The third-order valence-electron chi connectivity index (χ3n) is 5.01. The summed E-state index contributed by atoms with van der Waals surface area (Å²) >= 11 is 7.74. The standard InChI is InChI=1S/C20H20ClFN4OS/c21-16-11-28-19-18(16)23-12-24-20(19)26-9-7-15(8-10-26)25-17(27)6-3-13-1-4-14(22)5-2-13/h1-2,4-5,11-12,15H,3,6-10H2,(H,25,27). The lowest BCUT2D eigenvalue weighted by molar-refractivity contribution is -0.121. The van der Waals surface area contributed by atoms with Crippen molar-refractivity contribution in [3.05, 3.63) is 52.4 Å². The summed E-state index contributed by atoms with van der Waals surface area (Å²) in [5.74, 6) is 0.700. The number of carbonyl (C=O) groups excluding carboxylic acids is 1. The molecule has 1 aromatic carbocycles. The first-order chi connectivity index (χ1) is 13.6. The summed E-state index contributed by atoms with van der Waals surface area (Å²) in [6.07, 6.45) is 4.31. The number of benzene rings is 1. The molecular weight excluding hydrogens is 399 g/mol. The first-order valence-corrected chi connectivity index (χ1v) is 10.5. The van der Waals surface area contributed by atoms with Crippen LogP contribution in [0.3, 0.4) is 0 Å². The Kier molecular flexibility index (Phi) is 5.73. The molecule has 0 aliphatic carbocycles. The van der Waals surface area contributed by atoms with Gasteiger partial charge in [0.1, 0.15) is 23.5 Å². The second-order valence-electron chi connectivity index (χ2n) is 6.91. The maximum absolute atomic E-state index is 12.9. The van der Waals surface area contributed by atoms with E-state index in [1.54, 1.807) is 29.8 Å². The number of nitrogens with zero attached hydrogens (tertiary/aromatic N) is 3. The molecule has 0 saturated carbocycles. The van der Waals surface area contributed by atoms with Crippen molar-refractivity contribution in [1.82, 2.24) is 15.3 Å². The van der Waals surface area contributed by atoms with Crippen molar-refractivity contribution in [2.45, 2.75) is 31.7 Å². The fourth-order valence-electron chi connectivity index (χ4n) is 3.48. The number of rotatable bonds is 5. The van der Waals surface area contributed by atoms with E-state index in [4.69, 9.17) is 11.6 Å². The molecule has 28 heavy (non-hydrogen) atoms. The van der Waals surface area contributed by atoms with Crippen LogP contribution in [0.15, 0.2) is 36.0 Å². The highest BCUT2D eigenvalue weighted by Crippen LogP contribution is 2.34. The van der Waals surface area contributed by atoms with Gasteiger partial charge >= 0.3 is 0 Å². The van der Waals surface area contributed by atoms with Gasteiger partial charge in [0.25, 0.3) is 0 Å². The highest BCUT2D eigenvalue weighted by Gasteiger charge is 2.23. The number of amides is 1. The lowest BCUT2D eigenvalue weighted by Gasteiger charge is -2.33. The first-order valence-electron chi connectivity index (χ1n) is 9.26. The number of aryl methyl sites for hydroxylation is 1. The largest absolute Gasteiger partial charge is 0.355 e. The SMILES string of the molecule is O=C(CCc1ccc(F)cc1)NC1CCN(c2ncnc3c(Cl)csc23)CC1. The number of hydrogen-bond donors (Lipinski definition) is 1. The van der Waals surface area contributed by atoms with Gasteiger partial charge in [-0.2, -0.15) is 0 Å². The lowest BCUT2D eigenvalue weighted by Crippen LogP contribution is -2.45. The van der Waals surface area contributed by atoms with Crippen molar-refractivity contribution < 1.29 is 9.18 Å². The van der Waals surface area contributed by atoms with Crippen molar-refractivity contribution >= 4 is 44.9 Å². The van der Waals surface area contributed by atoms with E-state index in [1.165, 1.54) is 12.1 Å². The van der Waals surface area contributed by atoms with Crippen LogP contribution >= 0.6 is 22.9 Å². The van der Waals surface area contributed by atoms with Gasteiger partial charge < -0.3 is 10.2 Å². The van der Waals surface area contributed by atoms with E-state index in [1.807, 2.05) is 5.38 Å². The average Bonchev–Trinajstić information content (AvgIpc) is 3.09. The molecule has 1 aliphatic heterocycles. The zero-order chi connectivity index (χ0) is 19.5. The van der Waals surface area contributed by atoms with Gasteiger partial charge in [0.05, 0.1) is 9.72 Å². The molecular formula is C20H20ClFN4OS. The summed E-state index contributed by atoms with van der Waals surface area (Å²) in [5, 5.41) is 5.67. The Morgan fingerprint density at radius 2 is 2.00 bits per heavy atom. The minimum absolute atomic E-state index is 0.0391. The highest BCUT2D eigenvalue weighted by molar-refractivity contribution is 7.18. The molecule has 1 fully saturated rings. The third kappa shape index (κ3) is 4.25. The number of halogens is 2. The fraction of sp³-hybridized carbons (Fsp3) is 0.350. The number of hydrogen-bond acceptors (Lipinski definition) is 5. The first kappa shape index (κ1) is 19.1. The summed E-state index contributed by atoms with van der Waals surface area (Å²) in [4.78, 5) is 23.2. The Bertz CT molecular complexity index is 970. The van der Waals surface area contributed by atoms with Crippen molar-refractivity contribution in [2.24, 2.45) is 0 Å². The van der Waals surface area contributed by atoms with Gasteiger partial charge in [-0.3, -0.25) is 4.79 Å². The smallest absolute Gasteiger partial charge is 0.220 e. The molecule has 5 nitrogen and oxygen atoms in total. The van der Waals surface area contributed by atoms with Gasteiger partial charge in [-0.1, -0.05) is 23.7 Å². The van der Waals surface area contributed by atoms with E-state index >= 15 is 0 Å².